The van der Waals surface area contributed by atoms with Gasteiger partial charge in [0.25, 0.3) is 0 Å². The van der Waals surface area contributed by atoms with Crippen molar-refractivity contribution in [3.05, 3.63) is 64.3 Å². The van der Waals surface area contributed by atoms with Gasteiger partial charge < -0.3 is 5.32 Å². The Morgan fingerprint density at radius 2 is 1.67 bits per heavy atom. The number of thiazole rings is 1. The zero-order chi connectivity index (χ0) is 21.1. The van der Waals surface area contributed by atoms with Gasteiger partial charge >= 0.3 is 0 Å². The van der Waals surface area contributed by atoms with Crippen LogP contribution in [-0.2, 0) is 14.6 Å². The van der Waals surface area contributed by atoms with Gasteiger partial charge in [-0.3, -0.25) is 4.79 Å². The molecule has 3 heterocycles. The second-order valence-corrected chi connectivity index (χ2v) is 11.7. The molecule has 154 valence electrons. The maximum Gasteiger partial charge on any atom is 0.227 e. The lowest BCUT2D eigenvalue weighted by molar-refractivity contribution is -0.115. The summed E-state index contributed by atoms with van der Waals surface area (Å²) >= 11 is 10.4. The molecule has 0 saturated carbocycles. The fraction of sp³-hybridized carbons (Fsp3) is 0.100. The van der Waals surface area contributed by atoms with Gasteiger partial charge in [-0.1, -0.05) is 35.1 Å². The van der Waals surface area contributed by atoms with Gasteiger partial charge in [0.1, 0.15) is 5.69 Å². The average Bonchev–Trinajstić information content (AvgIpc) is 3.47. The van der Waals surface area contributed by atoms with Gasteiger partial charge in [0.05, 0.1) is 20.4 Å². The van der Waals surface area contributed by atoms with Crippen LogP contribution in [0.15, 0.2) is 64.2 Å². The number of aromatic nitrogens is 1. The molecule has 5 nitrogen and oxygen atoms in total. The molecule has 1 N–H and O–H groups in total. The smallest absolute Gasteiger partial charge is 0.227 e. The van der Waals surface area contributed by atoms with Crippen molar-refractivity contribution in [2.24, 2.45) is 0 Å². The first-order valence-electron chi connectivity index (χ1n) is 8.79. The summed E-state index contributed by atoms with van der Waals surface area (Å²) in [4.78, 5) is 20.2. The Hall–Kier alpha value is -2.04. The Kier molecular flexibility index (Phi) is 6.35. The van der Waals surface area contributed by atoms with Crippen LogP contribution in [0.5, 0.6) is 0 Å². The van der Waals surface area contributed by atoms with E-state index in [4.69, 9.17) is 11.6 Å². The Bertz CT molecular complexity index is 1190. The second-order valence-electron chi connectivity index (χ2n) is 6.22. The van der Waals surface area contributed by atoms with Gasteiger partial charge in [-0.05, 0) is 47.2 Å². The lowest BCUT2D eigenvalue weighted by Gasteiger charge is -2.05. The van der Waals surface area contributed by atoms with Crippen LogP contribution in [-0.4, -0.2) is 25.1 Å². The van der Waals surface area contributed by atoms with Gasteiger partial charge in [0.15, 0.2) is 15.0 Å². The predicted octanol–water partition coefficient (Wildman–Crippen LogP) is 6.06. The monoisotopic (exact) mass is 494 g/mol. The molecule has 4 aromatic rings. The molecule has 1 aromatic carbocycles. The van der Waals surface area contributed by atoms with E-state index in [1.54, 1.807) is 22.7 Å². The number of halogens is 1. The number of carbonyl (C=O) groups excluding carboxylic acids is 1. The van der Waals surface area contributed by atoms with Crippen molar-refractivity contribution in [1.29, 1.82) is 0 Å². The van der Waals surface area contributed by atoms with Crippen molar-refractivity contribution in [1.82, 2.24) is 4.98 Å². The van der Waals surface area contributed by atoms with Crippen LogP contribution in [0.25, 0.3) is 20.3 Å². The van der Waals surface area contributed by atoms with Crippen LogP contribution < -0.4 is 5.32 Å². The highest BCUT2D eigenvalue weighted by Crippen LogP contribution is 2.42. The first-order valence-corrected chi connectivity index (χ1v) is 13.4. The maximum absolute atomic E-state index is 12.4. The fourth-order valence-electron chi connectivity index (χ4n) is 2.70. The number of carbonyl (C=O) groups is 1. The molecule has 0 bridgehead atoms. The number of hydrogen-bond acceptors (Lipinski definition) is 7. The van der Waals surface area contributed by atoms with Crippen LogP contribution in [0.1, 0.15) is 6.42 Å². The summed E-state index contributed by atoms with van der Waals surface area (Å²) in [5.41, 5.74) is 0.821. The predicted molar refractivity (Wildman–Crippen MR) is 125 cm³/mol. The quantitative estimate of drug-likeness (QED) is 0.339. The normalized spacial score (nSPS) is 11.5. The summed E-state index contributed by atoms with van der Waals surface area (Å²) in [5.74, 6) is -0.682. The number of amides is 1. The third kappa shape index (κ3) is 4.81. The third-order valence-corrected chi connectivity index (χ3v) is 9.02. The number of nitrogens with zero attached hydrogens (tertiary/aromatic N) is 1. The molecule has 3 aromatic heterocycles. The van der Waals surface area contributed by atoms with E-state index in [0.29, 0.717) is 10.2 Å². The summed E-state index contributed by atoms with van der Waals surface area (Å²) in [7, 11) is -3.57. The molecule has 0 radical (unpaired) electrons. The van der Waals surface area contributed by atoms with E-state index in [0.717, 1.165) is 20.3 Å². The topological polar surface area (TPSA) is 76.1 Å². The van der Waals surface area contributed by atoms with Gasteiger partial charge in [-0.25, -0.2) is 13.4 Å². The molecule has 30 heavy (non-hydrogen) atoms. The van der Waals surface area contributed by atoms with E-state index < -0.39 is 15.7 Å². The van der Waals surface area contributed by atoms with E-state index in [1.165, 1.54) is 35.6 Å². The molecule has 0 saturated heterocycles. The second kappa shape index (κ2) is 8.99. The lowest BCUT2D eigenvalue weighted by atomic mass is 10.3. The molecule has 4 rings (SSSR count). The van der Waals surface area contributed by atoms with Gasteiger partial charge in [0.2, 0.25) is 5.91 Å². The number of thiophene rings is 2. The lowest BCUT2D eigenvalue weighted by Crippen LogP contribution is -2.17. The molecular formula is C20H15ClN2O3S4. The highest BCUT2D eigenvalue weighted by molar-refractivity contribution is 7.91. The molecule has 0 aliphatic carbocycles. The van der Waals surface area contributed by atoms with E-state index in [2.05, 4.69) is 10.3 Å². The summed E-state index contributed by atoms with van der Waals surface area (Å²) < 4.78 is 24.9. The molecule has 0 spiro atoms. The van der Waals surface area contributed by atoms with E-state index in [1.807, 2.05) is 35.0 Å². The Balaban J connectivity index is 1.48. The van der Waals surface area contributed by atoms with E-state index >= 15 is 0 Å². The molecule has 1 amide bonds. The first-order chi connectivity index (χ1) is 14.4. The molecular weight excluding hydrogens is 480 g/mol. The molecule has 0 unspecified atom stereocenters. The number of anilines is 1. The Morgan fingerprint density at radius 1 is 1.00 bits per heavy atom. The SMILES string of the molecule is O=C(CCS(=O)(=O)c1ccc(Cl)cc1)Nc1nc(-c2cccs2)c(-c2cccs2)s1. The van der Waals surface area contributed by atoms with E-state index in [-0.39, 0.29) is 17.1 Å². The van der Waals surface area contributed by atoms with Crippen molar-refractivity contribution >= 4 is 66.5 Å². The van der Waals surface area contributed by atoms with Crippen molar-refractivity contribution < 1.29 is 13.2 Å². The van der Waals surface area contributed by atoms with Crippen molar-refractivity contribution in [2.75, 3.05) is 11.1 Å². The molecule has 0 aliphatic rings. The van der Waals surface area contributed by atoms with Gasteiger partial charge in [-0.2, -0.15) is 0 Å². The minimum atomic E-state index is -3.57. The molecule has 10 heteroatoms. The van der Waals surface area contributed by atoms with Crippen LogP contribution in [0.4, 0.5) is 5.13 Å². The van der Waals surface area contributed by atoms with Gasteiger partial charge in [0, 0.05) is 16.3 Å². The van der Waals surface area contributed by atoms with Crippen LogP contribution in [0.3, 0.4) is 0 Å². The van der Waals surface area contributed by atoms with E-state index in [9.17, 15) is 13.2 Å². The maximum atomic E-state index is 12.4. The van der Waals surface area contributed by atoms with Crippen molar-refractivity contribution in [3.8, 4) is 20.3 Å². The highest BCUT2D eigenvalue weighted by Gasteiger charge is 2.20. The standard InChI is InChI=1S/C20H15ClN2O3S4/c21-13-5-7-14(8-6-13)30(25,26)12-9-17(24)22-20-23-18(15-3-1-10-27-15)19(29-20)16-4-2-11-28-16/h1-8,10-11H,9,12H2,(H,22,23,24). The number of hydrogen-bond donors (Lipinski definition) is 1. The summed E-state index contributed by atoms with van der Waals surface area (Å²) in [6, 6.07) is 13.8. The Morgan fingerprint density at radius 3 is 2.30 bits per heavy atom. The Labute approximate surface area is 190 Å². The van der Waals surface area contributed by atoms with Crippen LogP contribution in [0.2, 0.25) is 5.02 Å². The largest absolute Gasteiger partial charge is 0.302 e. The first kappa shape index (κ1) is 21.2. The molecule has 0 aliphatic heterocycles. The minimum Gasteiger partial charge on any atom is -0.302 e. The number of benzene rings is 1. The zero-order valence-corrected chi connectivity index (χ0v) is 19.4. The molecule has 0 atom stereocenters. The molecule has 0 fully saturated rings. The highest BCUT2D eigenvalue weighted by atomic mass is 35.5. The fourth-order valence-corrected chi connectivity index (χ4v) is 6.70. The van der Waals surface area contributed by atoms with Crippen LogP contribution in [0, 0.1) is 0 Å². The summed E-state index contributed by atoms with van der Waals surface area (Å²) in [6.45, 7) is 0. The van der Waals surface area contributed by atoms with Crippen molar-refractivity contribution in [2.45, 2.75) is 11.3 Å². The number of sulfone groups is 1. The number of nitrogens with one attached hydrogen (secondary N) is 1. The average molecular weight is 495 g/mol. The third-order valence-electron chi connectivity index (χ3n) is 4.14. The van der Waals surface area contributed by atoms with Crippen molar-refractivity contribution in [3.63, 3.8) is 0 Å². The van der Waals surface area contributed by atoms with Gasteiger partial charge in [-0.15, -0.1) is 22.7 Å². The number of rotatable bonds is 7. The summed E-state index contributed by atoms with van der Waals surface area (Å²) in [5, 5.41) is 7.64. The minimum absolute atomic E-state index is 0.147. The zero-order valence-electron chi connectivity index (χ0n) is 15.4. The summed E-state index contributed by atoms with van der Waals surface area (Å²) in [6.07, 6.45) is -0.160. The van der Waals surface area contributed by atoms with Crippen LogP contribution >= 0.6 is 45.6 Å².